The molecular weight excluding hydrogens is 348 g/mol. The number of piperidine rings is 1. The Bertz CT molecular complexity index is 1020. The molecule has 3 aromatic rings. The summed E-state index contributed by atoms with van der Waals surface area (Å²) in [6.07, 6.45) is 3.97. The minimum Gasteiger partial charge on any atom is -0.508 e. The van der Waals surface area contributed by atoms with E-state index in [4.69, 9.17) is 0 Å². The molecule has 0 radical (unpaired) electrons. The third kappa shape index (κ3) is 3.10. The molecule has 1 saturated heterocycles. The lowest BCUT2D eigenvalue weighted by molar-refractivity contribution is 0.340. The van der Waals surface area contributed by atoms with Crippen LogP contribution in [0.1, 0.15) is 12.8 Å². The average molecular weight is 370 g/mol. The van der Waals surface area contributed by atoms with E-state index in [1.807, 2.05) is 4.57 Å². The monoisotopic (exact) mass is 370 g/mol. The largest absolute Gasteiger partial charge is 0.508 e. The van der Waals surface area contributed by atoms with Gasteiger partial charge in [0.25, 0.3) is 0 Å². The summed E-state index contributed by atoms with van der Waals surface area (Å²) in [5.41, 5.74) is 0.755. The molecule has 0 saturated carbocycles. The van der Waals surface area contributed by atoms with Crippen molar-refractivity contribution in [3.8, 4) is 5.75 Å². The average Bonchev–Trinajstić information content (AvgIpc) is 3.02. The number of fused-ring (bicyclic) bond motifs is 1. The maximum atomic E-state index is 13.2. The van der Waals surface area contributed by atoms with Gasteiger partial charge in [0.15, 0.2) is 0 Å². The molecule has 4 rings (SSSR count). The van der Waals surface area contributed by atoms with E-state index in [1.54, 1.807) is 54.7 Å². The molecular formula is C20H22N2O3S. The lowest BCUT2D eigenvalue weighted by atomic mass is 10.00. The number of aromatic hydroxyl groups is 1. The molecule has 6 heteroatoms. The number of hydrogen-bond donors (Lipinski definition) is 2. The fourth-order valence-corrected chi connectivity index (χ4v) is 5.19. The Morgan fingerprint density at radius 2 is 1.96 bits per heavy atom. The van der Waals surface area contributed by atoms with Gasteiger partial charge in [0.1, 0.15) is 5.75 Å². The molecule has 2 N–H and O–H groups in total. The summed E-state index contributed by atoms with van der Waals surface area (Å²) in [6, 6.07) is 13.4. The quantitative estimate of drug-likeness (QED) is 0.740. The second-order valence-corrected chi connectivity index (χ2v) is 8.79. The van der Waals surface area contributed by atoms with Crippen LogP contribution in [0, 0.1) is 5.92 Å². The number of benzene rings is 2. The van der Waals surface area contributed by atoms with E-state index < -0.39 is 9.84 Å². The van der Waals surface area contributed by atoms with Gasteiger partial charge in [0.2, 0.25) is 9.84 Å². The summed E-state index contributed by atoms with van der Waals surface area (Å²) in [6.45, 7) is 2.70. The van der Waals surface area contributed by atoms with Gasteiger partial charge >= 0.3 is 0 Å². The van der Waals surface area contributed by atoms with Crippen LogP contribution in [0.4, 0.5) is 0 Å². The molecule has 1 unspecified atom stereocenters. The number of hydrogen-bond acceptors (Lipinski definition) is 4. The third-order valence-electron chi connectivity index (χ3n) is 5.03. The molecule has 1 aliphatic rings. The molecule has 0 spiro atoms. The molecule has 1 atom stereocenters. The predicted molar refractivity (Wildman–Crippen MR) is 101 cm³/mol. The molecule has 26 heavy (non-hydrogen) atoms. The highest BCUT2D eigenvalue weighted by Gasteiger charge is 2.24. The lowest BCUT2D eigenvalue weighted by Crippen LogP contribution is -2.32. The van der Waals surface area contributed by atoms with Gasteiger partial charge in [-0.3, -0.25) is 0 Å². The first kappa shape index (κ1) is 17.1. The van der Waals surface area contributed by atoms with Crippen molar-refractivity contribution in [3.05, 3.63) is 54.7 Å². The number of rotatable bonds is 4. The third-order valence-corrected chi connectivity index (χ3v) is 6.82. The van der Waals surface area contributed by atoms with Crippen molar-refractivity contribution in [3.63, 3.8) is 0 Å². The summed E-state index contributed by atoms with van der Waals surface area (Å²) in [5, 5.41) is 14.0. The number of nitrogens with one attached hydrogen (secondary N) is 1. The van der Waals surface area contributed by atoms with Crippen molar-refractivity contribution >= 4 is 20.7 Å². The van der Waals surface area contributed by atoms with Crippen molar-refractivity contribution in [2.45, 2.75) is 29.2 Å². The number of sulfone groups is 1. The topological polar surface area (TPSA) is 71.3 Å². The minimum absolute atomic E-state index is 0.141. The van der Waals surface area contributed by atoms with Gasteiger partial charge in [0, 0.05) is 24.2 Å². The van der Waals surface area contributed by atoms with Gasteiger partial charge < -0.3 is 15.0 Å². The van der Waals surface area contributed by atoms with Gasteiger partial charge in [-0.2, -0.15) is 0 Å². The molecule has 0 bridgehead atoms. The SMILES string of the molecule is O=S(=O)(c1ccccc1)c1cn(CC2CCCNC2)c2cc(O)ccc12. The smallest absolute Gasteiger partial charge is 0.208 e. The van der Waals surface area contributed by atoms with Crippen LogP contribution in [0.15, 0.2) is 64.5 Å². The van der Waals surface area contributed by atoms with Crippen LogP contribution < -0.4 is 5.32 Å². The number of phenols is 1. The van der Waals surface area contributed by atoms with E-state index >= 15 is 0 Å². The maximum absolute atomic E-state index is 13.2. The van der Waals surface area contributed by atoms with Gasteiger partial charge in [-0.05, 0) is 56.1 Å². The van der Waals surface area contributed by atoms with Crippen molar-refractivity contribution in [2.75, 3.05) is 13.1 Å². The Labute approximate surface area is 153 Å². The standard InChI is InChI=1S/C20H22N2O3S/c23-16-8-9-18-19(11-16)22(13-15-5-4-10-21-12-15)14-20(18)26(24,25)17-6-2-1-3-7-17/h1-3,6-9,11,14-15,21,23H,4-5,10,12-13H2. The first-order valence-electron chi connectivity index (χ1n) is 8.88. The lowest BCUT2D eigenvalue weighted by Gasteiger charge is -2.23. The zero-order valence-electron chi connectivity index (χ0n) is 14.4. The molecule has 1 fully saturated rings. The zero-order valence-corrected chi connectivity index (χ0v) is 15.2. The maximum Gasteiger partial charge on any atom is 0.208 e. The first-order chi connectivity index (χ1) is 12.6. The van der Waals surface area contributed by atoms with Crippen LogP contribution in [0.5, 0.6) is 5.75 Å². The normalized spacial score (nSPS) is 18.2. The fourth-order valence-electron chi connectivity index (χ4n) is 3.70. The number of nitrogens with zero attached hydrogens (tertiary/aromatic N) is 1. The van der Waals surface area contributed by atoms with Gasteiger partial charge in [-0.25, -0.2) is 8.42 Å². The summed E-state index contributed by atoms with van der Waals surface area (Å²) in [5.74, 6) is 0.594. The molecule has 2 heterocycles. The van der Waals surface area contributed by atoms with E-state index in [-0.39, 0.29) is 10.6 Å². The second kappa shape index (κ2) is 6.78. The fraction of sp³-hybridized carbons (Fsp3) is 0.300. The highest BCUT2D eigenvalue weighted by Crippen LogP contribution is 2.33. The summed E-state index contributed by atoms with van der Waals surface area (Å²) < 4.78 is 28.3. The Balaban J connectivity index is 1.83. The van der Waals surface area contributed by atoms with Gasteiger partial charge in [-0.15, -0.1) is 0 Å². The van der Waals surface area contributed by atoms with Gasteiger partial charge in [-0.1, -0.05) is 18.2 Å². The highest BCUT2D eigenvalue weighted by atomic mass is 32.2. The summed E-state index contributed by atoms with van der Waals surface area (Å²) in [4.78, 5) is 0.578. The van der Waals surface area contributed by atoms with Crippen LogP contribution >= 0.6 is 0 Å². The van der Waals surface area contributed by atoms with E-state index in [9.17, 15) is 13.5 Å². The van der Waals surface area contributed by atoms with Crippen molar-refractivity contribution in [1.82, 2.24) is 9.88 Å². The first-order valence-corrected chi connectivity index (χ1v) is 10.4. The molecule has 2 aromatic carbocycles. The second-order valence-electron chi connectivity index (χ2n) is 6.88. The molecule has 136 valence electrons. The Kier molecular flexibility index (Phi) is 4.46. The van der Waals surface area contributed by atoms with E-state index in [0.29, 0.717) is 16.2 Å². The van der Waals surface area contributed by atoms with Crippen molar-refractivity contribution in [1.29, 1.82) is 0 Å². The van der Waals surface area contributed by atoms with Crippen LogP contribution in [0.2, 0.25) is 0 Å². The van der Waals surface area contributed by atoms with Crippen molar-refractivity contribution in [2.24, 2.45) is 5.92 Å². The van der Waals surface area contributed by atoms with E-state index in [0.717, 1.165) is 38.0 Å². The zero-order chi connectivity index (χ0) is 18.1. The van der Waals surface area contributed by atoms with E-state index in [2.05, 4.69) is 5.32 Å². The summed E-state index contributed by atoms with van der Waals surface area (Å²) in [7, 11) is -3.62. The Morgan fingerprint density at radius 3 is 2.69 bits per heavy atom. The van der Waals surface area contributed by atoms with Crippen LogP contribution in [-0.4, -0.2) is 31.2 Å². The number of aromatic nitrogens is 1. The van der Waals surface area contributed by atoms with Crippen LogP contribution in [-0.2, 0) is 16.4 Å². The molecule has 1 aromatic heterocycles. The van der Waals surface area contributed by atoms with Crippen LogP contribution in [0.3, 0.4) is 0 Å². The molecule has 0 amide bonds. The highest BCUT2D eigenvalue weighted by molar-refractivity contribution is 7.91. The molecule has 5 nitrogen and oxygen atoms in total. The molecule has 0 aliphatic carbocycles. The van der Waals surface area contributed by atoms with Gasteiger partial charge in [0.05, 0.1) is 15.3 Å². The summed E-state index contributed by atoms with van der Waals surface area (Å²) >= 11 is 0. The Morgan fingerprint density at radius 1 is 1.15 bits per heavy atom. The van der Waals surface area contributed by atoms with Crippen LogP contribution in [0.25, 0.3) is 10.9 Å². The predicted octanol–water partition coefficient (Wildman–Crippen LogP) is 3.18. The van der Waals surface area contributed by atoms with Crippen molar-refractivity contribution < 1.29 is 13.5 Å². The number of phenolic OH excluding ortho intramolecular Hbond substituents is 1. The molecule has 1 aliphatic heterocycles. The minimum atomic E-state index is -3.62. The van der Waals surface area contributed by atoms with E-state index in [1.165, 1.54) is 0 Å². The Hall–Kier alpha value is -2.31.